The Balaban J connectivity index is 1.84. The largest absolute Gasteiger partial charge is 0.367 e. The minimum Gasteiger partial charge on any atom is -0.367 e. The van der Waals surface area contributed by atoms with E-state index in [0.717, 1.165) is 13.0 Å². The summed E-state index contributed by atoms with van der Waals surface area (Å²) in [7, 11) is 4.02. The number of hydrogen-bond acceptors (Lipinski definition) is 5. The van der Waals surface area contributed by atoms with Crippen molar-refractivity contribution in [1.82, 2.24) is 9.88 Å². The number of halogens is 4. The fraction of sp³-hybridized carbons (Fsp3) is 0.450. The minimum absolute atomic E-state index is 0.00275. The van der Waals surface area contributed by atoms with Crippen LogP contribution in [0.1, 0.15) is 20.3 Å². The molecule has 1 unspecified atom stereocenters. The number of pyridine rings is 1. The minimum atomic E-state index is -0.844. The predicted molar refractivity (Wildman–Crippen MR) is 113 cm³/mol. The summed E-state index contributed by atoms with van der Waals surface area (Å²) in [6.45, 7) is 5.73. The van der Waals surface area contributed by atoms with Crippen molar-refractivity contribution in [3.8, 4) is 0 Å². The maximum Gasteiger partial charge on any atom is 0.214 e. The van der Waals surface area contributed by atoms with Gasteiger partial charge in [-0.25, -0.2) is 13.8 Å². The Morgan fingerprint density at radius 3 is 2.72 bits per heavy atom. The summed E-state index contributed by atoms with van der Waals surface area (Å²) < 4.78 is 45.5. The van der Waals surface area contributed by atoms with Gasteiger partial charge in [0.05, 0.1) is 5.69 Å². The van der Waals surface area contributed by atoms with Gasteiger partial charge >= 0.3 is 0 Å². The third-order valence-electron chi connectivity index (χ3n) is 4.95. The summed E-state index contributed by atoms with van der Waals surface area (Å²) in [5, 5.41) is -0.121. The van der Waals surface area contributed by atoms with Crippen molar-refractivity contribution in [1.29, 1.82) is 0 Å². The van der Waals surface area contributed by atoms with Gasteiger partial charge < -0.3 is 14.5 Å². The number of hydrogen-bond donors (Lipinski definition) is 1. The van der Waals surface area contributed by atoms with Gasteiger partial charge in [0.25, 0.3) is 0 Å². The molecule has 1 N–H and O–H groups in total. The van der Waals surface area contributed by atoms with Gasteiger partial charge in [-0.05, 0) is 56.9 Å². The maximum atomic E-state index is 14.9. The number of nitrogens with zero attached hydrogens (tertiary/aromatic N) is 3. The smallest absolute Gasteiger partial charge is 0.214 e. The third-order valence-corrected chi connectivity index (χ3v) is 6.20. The molecule has 0 amide bonds. The maximum absolute atomic E-state index is 14.9. The lowest BCUT2D eigenvalue weighted by atomic mass is 9.88. The lowest BCUT2D eigenvalue weighted by Gasteiger charge is -2.29. The lowest BCUT2D eigenvalue weighted by Crippen LogP contribution is -2.34. The molecule has 1 saturated heterocycles. The van der Waals surface area contributed by atoms with E-state index < -0.39 is 17.6 Å². The monoisotopic (exact) mass is 444 g/mol. The predicted octanol–water partition coefficient (Wildman–Crippen LogP) is 5.44. The van der Waals surface area contributed by atoms with Crippen LogP contribution in [0.25, 0.3) is 0 Å². The fourth-order valence-corrected chi connectivity index (χ4v) is 5.07. The second-order valence-corrected chi connectivity index (χ2v) is 9.31. The van der Waals surface area contributed by atoms with Crippen molar-refractivity contribution in [2.45, 2.75) is 31.2 Å². The van der Waals surface area contributed by atoms with Crippen molar-refractivity contribution in [2.75, 3.05) is 36.8 Å². The molecule has 0 saturated carbocycles. The zero-order valence-corrected chi connectivity index (χ0v) is 18.3. The first kappa shape index (κ1) is 22.1. The molecule has 1 fully saturated rings. The average Bonchev–Trinajstić information content (AvgIpc) is 2.91. The van der Waals surface area contributed by atoms with Crippen LogP contribution in [0.2, 0.25) is 5.02 Å². The Kier molecular flexibility index (Phi) is 6.55. The molecule has 9 heteroatoms. The molecular weight excluding hydrogens is 421 g/mol. The highest BCUT2D eigenvalue weighted by molar-refractivity contribution is 8.00. The Morgan fingerprint density at radius 1 is 1.34 bits per heavy atom. The molecule has 2 heterocycles. The van der Waals surface area contributed by atoms with Gasteiger partial charge in [-0.1, -0.05) is 24.6 Å². The molecule has 4 nitrogen and oxygen atoms in total. The summed E-state index contributed by atoms with van der Waals surface area (Å²) in [4.78, 5) is 7.41. The van der Waals surface area contributed by atoms with E-state index in [9.17, 15) is 13.2 Å². The normalized spacial score (nSPS) is 21.8. The lowest BCUT2D eigenvalue weighted by molar-refractivity contribution is 0.238. The fourth-order valence-electron chi connectivity index (χ4n) is 4.09. The molecule has 0 bridgehead atoms. The molecule has 0 aliphatic carbocycles. The third kappa shape index (κ3) is 4.92. The summed E-state index contributed by atoms with van der Waals surface area (Å²) >= 11 is 6.98. The highest BCUT2D eigenvalue weighted by Crippen LogP contribution is 2.43. The van der Waals surface area contributed by atoms with E-state index in [2.05, 4.69) is 21.5 Å². The highest BCUT2D eigenvalue weighted by atomic mass is 35.5. The number of anilines is 2. The van der Waals surface area contributed by atoms with Gasteiger partial charge in [0.1, 0.15) is 21.6 Å². The molecule has 0 radical (unpaired) electrons. The first-order valence-corrected chi connectivity index (χ1v) is 10.4. The molecule has 0 spiro atoms. The van der Waals surface area contributed by atoms with E-state index in [1.165, 1.54) is 24.3 Å². The summed E-state index contributed by atoms with van der Waals surface area (Å²) in [5.41, 5.74) is 0.349. The van der Waals surface area contributed by atoms with Crippen LogP contribution in [0, 0.1) is 23.0 Å². The first-order valence-electron chi connectivity index (χ1n) is 9.24. The van der Waals surface area contributed by atoms with Crippen LogP contribution in [0.4, 0.5) is 24.7 Å². The van der Waals surface area contributed by atoms with Crippen LogP contribution in [-0.2, 0) is 0 Å². The molecular formula is C20H24ClF3N4S. The van der Waals surface area contributed by atoms with Crippen molar-refractivity contribution >= 4 is 35.1 Å². The van der Waals surface area contributed by atoms with Crippen LogP contribution < -0.4 is 9.62 Å². The summed E-state index contributed by atoms with van der Waals surface area (Å²) in [6, 6.07) is 5.51. The van der Waals surface area contributed by atoms with Gasteiger partial charge in [0.15, 0.2) is 5.82 Å². The second kappa shape index (κ2) is 8.62. The van der Waals surface area contributed by atoms with E-state index in [0.29, 0.717) is 24.2 Å². The molecule has 1 aliphatic rings. The Morgan fingerprint density at radius 2 is 2.07 bits per heavy atom. The van der Waals surface area contributed by atoms with Crippen molar-refractivity contribution in [3.05, 3.63) is 46.9 Å². The molecule has 29 heavy (non-hydrogen) atoms. The van der Waals surface area contributed by atoms with E-state index >= 15 is 0 Å². The van der Waals surface area contributed by atoms with Crippen LogP contribution in [0.5, 0.6) is 0 Å². The Labute approximate surface area is 178 Å². The van der Waals surface area contributed by atoms with E-state index in [1.807, 2.05) is 25.9 Å². The van der Waals surface area contributed by atoms with Crippen LogP contribution in [-0.4, -0.2) is 43.1 Å². The van der Waals surface area contributed by atoms with E-state index in [4.69, 9.17) is 11.6 Å². The van der Waals surface area contributed by atoms with Crippen molar-refractivity contribution < 1.29 is 13.2 Å². The molecule has 3 rings (SSSR count). The number of rotatable bonds is 6. The number of benzene rings is 1. The van der Waals surface area contributed by atoms with Crippen LogP contribution >= 0.6 is 23.5 Å². The van der Waals surface area contributed by atoms with Gasteiger partial charge in [-0.2, -0.15) is 4.39 Å². The standard InChI is InChI=1S/C20H24ClF3N4S/c1-12-9-20(2,10-27(3)4)11-28(12)14-8-13(22)19(18(24)17(14)21)29-26-16-7-5-6-15(23)25-16/h5-8,12H,9-11H2,1-4H3,(H,25,26)/t12?,20-/m0/s1. The number of aromatic nitrogens is 1. The quantitative estimate of drug-likeness (QED) is 0.364. The molecule has 158 valence electrons. The molecule has 2 atom stereocenters. The van der Waals surface area contributed by atoms with Gasteiger partial charge in [-0.3, -0.25) is 0 Å². The topological polar surface area (TPSA) is 31.4 Å². The van der Waals surface area contributed by atoms with Gasteiger partial charge in [0, 0.05) is 25.2 Å². The Bertz CT molecular complexity index is 898. The van der Waals surface area contributed by atoms with Crippen LogP contribution in [0.15, 0.2) is 29.2 Å². The molecule has 1 aromatic carbocycles. The molecule has 1 aliphatic heterocycles. The summed E-state index contributed by atoms with van der Waals surface area (Å²) in [6.07, 6.45) is 0.897. The van der Waals surface area contributed by atoms with E-state index in [-0.39, 0.29) is 27.2 Å². The van der Waals surface area contributed by atoms with Crippen molar-refractivity contribution in [2.24, 2.45) is 5.41 Å². The van der Waals surface area contributed by atoms with Gasteiger partial charge in [0.2, 0.25) is 5.95 Å². The zero-order valence-electron chi connectivity index (χ0n) is 16.8. The number of nitrogens with one attached hydrogen (secondary N) is 1. The SMILES string of the molecule is CC1C[C@@](C)(CN(C)C)CN1c1cc(F)c(SNc2cccc(F)n2)c(F)c1Cl. The van der Waals surface area contributed by atoms with Gasteiger partial charge in [-0.15, -0.1) is 0 Å². The average molecular weight is 445 g/mol. The highest BCUT2D eigenvalue weighted by Gasteiger charge is 2.40. The van der Waals surface area contributed by atoms with E-state index in [1.54, 1.807) is 0 Å². The second-order valence-electron chi connectivity index (χ2n) is 8.11. The summed E-state index contributed by atoms with van der Waals surface area (Å²) in [5.74, 6) is -2.11. The molecule has 2 aromatic rings. The molecule has 1 aromatic heterocycles. The van der Waals surface area contributed by atoms with Crippen LogP contribution in [0.3, 0.4) is 0 Å². The zero-order chi connectivity index (χ0) is 21.3. The van der Waals surface area contributed by atoms with Crippen molar-refractivity contribution in [3.63, 3.8) is 0 Å². The first-order chi connectivity index (χ1) is 13.6. The Hall–Kier alpha value is -1.64.